The van der Waals surface area contributed by atoms with Crippen LogP contribution in [-0.4, -0.2) is 44.8 Å². The largest absolute Gasteiger partial charge is 0.499 e. The summed E-state index contributed by atoms with van der Waals surface area (Å²) in [5, 5.41) is 4.99. The normalized spacial score (nSPS) is 12.3. The van der Waals surface area contributed by atoms with E-state index in [0.29, 0.717) is 11.0 Å². The number of benzene rings is 1. The molecule has 1 aromatic carbocycles. The van der Waals surface area contributed by atoms with E-state index in [4.69, 9.17) is 28.0 Å². The zero-order valence-corrected chi connectivity index (χ0v) is 19.8. The molecule has 3 aromatic rings. The predicted octanol–water partition coefficient (Wildman–Crippen LogP) is 4.42. The fourth-order valence-corrected chi connectivity index (χ4v) is 3.00. The maximum atomic E-state index is 13.3. The molecular formula is C20H23ClF5N7O2. The van der Waals surface area contributed by atoms with E-state index in [-0.39, 0.29) is 34.9 Å². The number of ether oxygens (including phenoxy) is 2. The van der Waals surface area contributed by atoms with Crippen LogP contribution in [0.15, 0.2) is 35.6 Å². The van der Waals surface area contributed by atoms with Gasteiger partial charge in [-0.25, -0.2) is 10.4 Å². The first-order valence-electron chi connectivity index (χ1n) is 10.0. The van der Waals surface area contributed by atoms with E-state index in [1.54, 1.807) is 18.2 Å². The summed E-state index contributed by atoms with van der Waals surface area (Å²) in [4.78, 5) is 8.25. The highest BCUT2D eigenvalue weighted by molar-refractivity contribution is 6.35. The van der Waals surface area contributed by atoms with Crippen LogP contribution in [0.5, 0.6) is 11.8 Å². The first-order chi connectivity index (χ1) is 16.4. The number of rotatable bonds is 5. The Hall–Kier alpha value is -3.39. The van der Waals surface area contributed by atoms with E-state index >= 15 is 0 Å². The third kappa shape index (κ3) is 5.82. The van der Waals surface area contributed by atoms with Gasteiger partial charge in [-0.15, -0.1) is 5.10 Å². The number of pyridine rings is 1. The molecule has 0 saturated carbocycles. The van der Waals surface area contributed by atoms with Crippen LogP contribution in [-0.2, 0) is 6.61 Å². The van der Waals surface area contributed by atoms with Gasteiger partial charge in [0.1, 0.15) is 17.9 Å². The Kier molecular flexibility index (Phi) is 8.68. The van der Waals surface area contributed by atoms with Gasteiger partial charge in [-0.1, -0.05) is 31.5 Å². The molecule has 9 nitrogen and oxygen atoms in total. The van der Waals surface area contributed by atoms with Gasteiger partial charge in [0.05, 0.1) is 16.2 Å². The molecule has 35 heavy (non-hydrogen) atoms. The van der Waals surface area contributed by atoms with Crippen LogP contribution in [0, 0.1) is 6.92 Å². The molecule has 15 heteroatoms. The van der Waals surface area contributed by atoms with Crippen LogP contribution in [0.4, 0.5) is 22.0 Å². The van der Waals surface area contributed by atoms with Crippen LogP contribution in [0.2, 0.25) is 5.02 Å². The van der Waals surface area contributed by atoms with Crippen molar-refractivity contribution in [2.45, 2.75) is 39.7 Å². The highest BCUT2D eigenvalue weighted by Crippen LogP contribution is 2.38. The maximum absolute atomic E-state index is 13.3. The second-order valence-corrected chi connectivity index (χ2v) is 7.07. The van der Waals surface area contributed by atoms with Crippen molar-refractivity contribution >= 4 is 28.6 Å². The van der Waals surface area contributed by atoms with E-state index in [2.05, 4.69) is 19.8 Å². The smallest absolute Gasteiger partial charge is 0.458 e. The molecule has 0 saturated heterocycles. The molecule has 0 fully saturated rings. The number of nitrogens with zero attached hydrogens (tertiary/aromatic N) is 5. The summed E-state index contributed by atoms with van der Waals surface area (Å²) in [6.07, 6.45) is -10.3. The monoisotopic (exact) mass is 523 g/mol. The molecule has 0 spiro atoms. The van der Waals surface area contributed by atoms with E-state index in [9.17, 15) is 22.0 Å². The minimum Gasteiger partial charge on any atom is -0.458 e. The Labute approximate surface area is 202 Å². The quantitative estimate of drug-likeness (QED) is 0.167. The molecule has 0 unspecified atom stereocenters. The van der Waals surface area contributed by atoms with Crippen molar-refractivity contribution in [3.8, 4) is 11.8 Å². The van der Waals surface area contributed by atoms with Crippen molar-refractivity contribution in [3.05, 3.63) is 46.7 Å². The molecule has 192 valence electrons. The first kappa shape index (κ1) is 27.9. The van der Waals surface area contributed by atoms with Crippen LogP contribution in [0.1, 0.15) is 25.1 Å². The van der Waals surface area contributed by atoms with E-state index in [1.807, 2.05) is 13.8 Å². The van der Waals surface area contributed by atoms with Crippen LogP contribution < -0.4 is 21.2 Å². The number of hydrogen-bond acceptors (Lipinski definition) is 7. The van der Waals surface area contributed by atoms with Crippen molar-refractivity contribution in [3.63, 3.8) is 0 Å². The van der Waals surface area contributed by atoms with Gasteiger partial charge in [-0.05, 0) is 25.1 Å². The number of halogens is 6. The molecule has 0 bridgehead atoms. The number of aromatic nitrogens is 3. The number of hydrazone groups is 1. The second kappa shape index (κ2) is 10.9. The summed E-state index contributed by atoms with van der Waals surface area (Å²) < 4.78 is 75.1. The average molecular weight is 524 g/mol. The summed E-state index contributed by atoms with van der Waals surface area (Å²) in [5.74, 6) is 10.5. The van der Waals surface area contributed by atoms with Crippen molar-refractivity contribution < 1.29 is 31.4 Å². The molecule has 0 radical (unpaired) electrons. The Bertz CT molecular complexity index is 1200. The number of hydrazine groups is 1. The third-order valence-corrected chi connectivity index (χ3v) is 4.71. The molecule has 0 amide bonds. The Morgan fingerprint density at radius 2 is 1.86 bits per heavy atom. The van der Waals surface area contributed by atoms with Gasteiger partial charge >= 0.3 is 18.3 Å². The first-order valence-corrected chi connectivity index (χ1v) is 10.4. The summed E-state index contributed by atoms with van der Waals surface area (Å²) in [6.45, 7) is 4.88. The van der Waals surface area contributed by atoms with E-state index in [1.165, 1.54) is 18.5 Å². The van der Waals surface area contributed by atoms with Gasteiger partial charge in [-0.2, -0.15) is 26.9 Å². The van der Waals surface area contributed by atoms with E-state index in [0.717, 1.165) is 17.3 Å². The number of imidazole rings is 1. The Morgan fingerprint density at radius 3 is 2.43 bits per heavy atom. The van der Waals surface area contributed by atoms with Crippen molar-refractivity contribution in [1.82, 2.24) is 19.5 Å². The SMILES string of the molecule is CC.Cc1c(OC(F)(F)C(F)(F)F)ccnc1COc1nc2c(Cl)cccc2n1/C(=N/N)N(C)N. The lowest BCUT2D eigenvalue weighted by Gasteiger charge is -2.21. The zero-order chi connectivity index (χ0) is 26.6. The van der Waals surface area contributed by atoms with E-state index < -0.39 is 18.0 Å². The summed E-state index contributed by atoms with van der Waals surface area (Å²) in [6, 6.07) is 5.67. The Morgan fingerprint density at radius 1 is 1.20 bits per heavy atom. The van der Waals surface area contributed by atoms with Gasteiger partial charge in [0.15, 0.2) is 0 Å². The molecule has 0 aliphatic carbocycles. The second-order valence-electron chi connectivity index (χ2n) is 6.66. The lowest BCUT2D eigenvalue weighted by Crippen LogP contribution is -2.42. The summed E-state index contributed by atoms with van der Waals surface area (Å²) in [7, 11) is 1.46. The standard InChI is InChI=1S/C18H17ClF5N7O2.C2H6/c1-9-11(27-7-6-13(9)33-18(23,24)17(20,21)22)8-32-16-28-14-10(19)4-3-5-12(14)31(16)15(29-25)30(2)26;1-2/h3-7H,8,25-26H2,1-2H3;1-2H3/b29-15+;. The summed E-state index contributed by atoms with van der Waals surface area (Å²) >= 11 is 6.19. The fraction of sp³-hybridized carbons (Fsp3) is 0.350. The van der Waals surface area contributed by atoms with Crippen LogP contribution in [0.25, 0.3) is 11.0 Å². The highest BCUT2D eigenvalue weighted by Gasteiger charge is 2.61. The van der Waals surface area contributed by atoms with Crippen LogP contribution in [0.3, 0.4) is 0 Å². The summed E-state index contributed by atoms with van der Waals surface area (Å²) in [5.41, 5.74) is 0.683. The molecule has 0 aliphatic rings. The maximum Gasteiger partial charge on any atom is 0.499 e. The van der Waals surface area contributed by atoms with Gasteiger partial charge in [0, 0.05) is 18.8 Å². The molecule has 2 aromatic heterocycles. The number of alkyl halides is 5. The fourth-order valence-electron chi connectivity index (χ4n) is 2.78. The minimum absolute atomic E-state index is 0.0151. The predicted molar refractivity (Wildman–Crippen MR) is 120 cm³/mol. The van der Waals surface area contributed by atoms with Gasteiger partial charge < -0.3 is 15.3 Å². The molecule has 4 N–H and O–H groups in total. The lowest BCUT2D eigenvalue weighted by molar-refractivity contribution is -0.360. The molecule has 2 heterocycles. The number of hydrogen-bond donors (Lipinski definition) is 2. The van der Waals surface area contributed by atoms with Gasteiger partial charge in [0.25, 0.3) is 0 Å². The van der Waals surface area contributed by atoms with Crippen molar-refractivity contribution in [1.29, 1.82) is 0 Å². The molecule has 0 atom stereocenters. The number of fused-ring (bicyclic) bond motifs is 1. The highest BCUT2D eigenvalue weighted by atomic mass is 35.5. The Balaban J connectivity index is 0.00000210. The van der Waals surface area contributed by atoms with Crippen molar-refractivity contribution in [2.75, 3.05) is 7.05 Å². The van der Waals surface area contributed by atoms with Gasteiger partial charge in [-0.3, -0.25) is 9.99 Å². The molecular weight excluding hydrogens is 501 g/mol. The van der Waals surface area contributed by atoms with Gasteiger partial charge in [0.2, 0.25) is 5.96 Å². The molecule has 0 aliphatic heterocycles. The minimum atomic E-state index is -5.89. The topological polar surface area (TPSA) is 117 Å². The third-order valence-electron chi connectivity index (χ3n) is 4.40. The number of nitrogens with two attached hydrogens (primary N) is 2. The number of para-hydroxylation sites is 1. The average Bonchev–Trinajstić information content (AvgIpc) is 3.15. The van der Waals surface area contributed by atoms with Crippen molar-refractivity contribution in [2.24, 2.45) is 16.8 Å². The lowest BCUT2D eigenvalue weighted by atomic mass is 10.2. The zero-order valence-electron chi connectivity index (χ0n) is 19.1. The molecule has 3 rings (SSSR count). The van der Waals surface area contributed by atoms with Crippen LogP contribution >= 0.6 is 11.6 Å².